The van der Waals surface area contributed by atoms with Crippen molar-refractivity contribution < 1.29 is 14.3 Å². The first-order valence-electron chi connectivity index (χ1n) is 10.6. The Labute approximate surface area is 201 Å². The molecule has 2 heterocycles. The lowest BCUT2D eigenvalue weighted by Gasteiger charge is -2.20. The number of esters is 1. The minimum Gasteiger partial charge on any atom is -0.477 e. The summed E-state index contributed by atoms with van der Waals surface area (Å²) in [5.74, 6) is 1.40. The number of carbonyl (C=O) groups excluding carboxylic acids is 1. The first-order valence-corrected chi connectivity index (χ1v) is 12.2. The van der Waals surface area contributed by atoms with Crippen LogP contribution in [-0.2, 0) is 22.4 Å². The zero-order valence-electron chi connectivity index (χ0n) is 18.2. The van der Waals surface area contributed by atoms with Crippen LogP contribution in [0.1, 0.15) is 37.6 Å². The summed E-state index contributed by atoms with van der Waals surface area (Å²) >= 11 is 13.8. The Morgan fingerprint density at radius 1 is 1.31 bits per heavy atom. The van der Waals surface area contributed by atoms with Gasteiger partial charge in [0.25, 0.3) is 0 Å². The lowest BCUT2D eigenvalue weighted by atomic mass is 9.89. The van der Waals surface area contributed by atoms with E-state index < -0.39 is 12.1 Å². The minimum atomic E-state index is -0.812. The van der Waals surface area contributed by atoms with Crippen molar-refractivity contribution in [2.24, 2.45) is 5.92 Å². The molecule has 2 aromatic heterocycles. The van der Waals surface area contributed by atoms with Crippen LogP contribution in [0, 0.1) is 5.92 Å². The molecule has 0 bridgehead atoms. The molecule has 0 radical (unpaired) electrons. The van der Waals surface area contributed by atoms with Gasteiger partial charge in [-0.3, -0.25) is 0 Å². The van der Waals surface area contributed by atoms with E-state index in [1.54, 1.807) is 42.8 Å². The van der Waals surface area contributed by atoms with Crippen molar-refractivity contribution in [2.45, 2.75) is 52.2 Å². The van der Waals surface area contributed by atoms with E-state index in [0.29, 0.717) is 28.3 Å². The van der Waals surface area contributed by atoms with Gasteiger partial charge in [0, 0.05) is 9.90 Å². The second-order valence-corrected chi connectivity index (χ2v) is 10.1. The van der Waals surface area contributed by atoms with Gasteiger partial charge in [0.2, 0.25) is 0 Å². The molecule has 0 saturated carbocycles. The molecule has 3 aromatic rings. The first-order chi connectivity index (χ1) is 15.3. The van der Waals surface area contributed by atoms with E-state index in [1.807, 2.05) is 6.92 Å². The second-order valence-electron chi connectivity index (χ2n) is 8.22. The fourth-order valence-electron chi connectivity index (χ4n) is 3.79. The maximum Gasteiger partial charge on any atom is 0.347 e. The van der Waals surface area contributed by atoms with Crippen molar-refractivity contribution in [1.82, 2.24) is 9.97 Å². The van der Waals surface area contributed by atoms with Gasteiger partial charge < -0.3 is 14.8 Å². The van der Waals surface area contributed by atoms with Crippen molar-refractivity contribution in [3.05, 3.63) is 45.0 Å². The third-order valence-corrected chi connectivity index (χ3v) is 7.19. The predicted octanol–water partition coefficient (Wildman–Crippen LogP) is 5.93. The van der Waals surface area contributed by atoms with E-state index in [4.69, 9.17) is 32.7 Å². The van der Waals surface area contributed by atoms with Crippen LogP contribution in [0.3, 0.4) is 0 Å². The van der Waals surface area contributed by atoms with Crippen molar-refractivity contribution in [3.63, 3.8) is 0 Å². The lowest BCUT2D eigenvalue weighted by Crippen LogP contribution is -2.32. The van der Waals surface area contributed by atoms with Gasteiger partial charge in [-0.2, -0.15) is 0 Å². The van der Waals surface area contributed by atoms with Gasteiger partial charge in [-0.1, -0.05) is 30.1 Å². The quantitative estimate of drug-likeness (QED) is 0.410. The molecule has 1 aromatic carbocycles. The number of nitrogens with one attached hydrogen (secondary N) is 1. The number of anilines is 1. The summed E-state index contributed by atoms with van der Waals surface area (Å²) in [6.07, 6.45) is 3.71. The zero-order valence-corrected chi connectivity index (χ0v) is 20.5. The topological polar surface area (TPSA) is 73.3 Å². The molecule has 3 atom stereocenters. The summed E-state index contributed by atoms with van der Waals surface area (Å²) in [5.41, 5.74) is 1.36. The summed E-state index contributed by atoms with van der Waals surface area (Å²) in [6, 6.07) is 4.84. The van der Waals surface area contributed by atoms with Crippen LogP contribution in [-0.4, -0.2) is 34.7 Å². The van der Waals surface area contributed by atoms with Gasteiger partial charge in [-0.15, -0.1) is 11.3 Å². The molecule has 32 heavy (non-hydrogen) atoms. The molecular weight excluding hydrogens is 469 g/mol. The van der Waals surface area contributed by atoms with Crippen LogP contribution in [0.15, 0.2) is 24.5 Å². The molecule has 9 heteroatoms. The Kier molecular flexibility index (Phi) is 7.08. The average molecular weight is 494 g/mol. The first kappa shape index (κ1) is 23.1. The van der Waals surface area contributed by atoms with Gasteiger partial charge >= 0.3 is 5.97 Å². The molecule has 1 N–H and O–H groups in total. The third kappa shape index (κ3) is 5.11. The van der Waals surface area contributed by atoms with Gasteiger partial charge in [0.05, 0.1) is 17.0 Å². The van der Waals surface area contributed by atoms with Crippen molar-refractivity contribution >= 4 is 56.5 Å². The minimum absolute atomic E-state index is 0.341. The highest BCUT2D eigenvalue weighted by Gasteiger charge is 2.24. The Hall–Kier alpha value is -2.09. The van der Waals surface area contributed by atoms with Crippen LogP contribution in [0.4, 0.5) is 5.82 Å². The number of thiophene rings is 1. The van der Waals surface area contributed by atoms with Gasteiger partial charge in [-0.25, -0.2) is 14.8 Å². The highest BCUT2D eigenvalue weighted by Crippen LogP contribution is 2.39. The number of rotatable bonds is 7. The molecule has 0 amide bonds. The molecule has 1 aliphatic carbocycles. The number of carbonyl (C=O) groups is 1. The zero-order chi connectivity index (χ0) is 22.8. The number of halogens is 2. The highest BCUT2D eigenvalue weighted by atomic mass is 35.5. The van der Waals surface area contributed by atoms with Crippen molar-refractivity contribution in [2.75, 3.05) is 11.9 Å². The Morgan fingerprint density at radius 2 is 2.12 bits per heavy atom. The van der Waals surface area contributed by atoms with Gasteiger partial charge in [0.1, 0.15) is 28.8 Å². The summed E-state index contributed by atoms with van der Waals surface area (Å²) < 4.78 is 11.2. The van der Waals surface area contributed by atoms with E-state index in [9.17, 15) is 4.79 Å². The third-order valence-electron chi connectivity index (χ3n) is 5.50. The summed E-state index contributed by atoms with van der Waals surface area (Å²) in [6.45, 7) is 6.17. The summed E-state index contributed by atoms with van der Waals surface area (Å²) in [5, 5.41) is 5.29. The predicted molar refractivity (Wildman–Crippen MR) is 129 cm³/mol. The number of hydrogen-bond acceptors (Lipinski definition) is 7. The molecule has 170 valence electrons. The van der Waals surface area contributed by atoms with Crippen LogP contribution >= 0.6 is 34.5 Å². The average Bonchev–Trinajstić information content (AvgIpc) is 3.12. The molecule has 0 spiro atoms. The fraction of sp³-hybridized carbons (Fsp3) is 0.435. The van der Waals surface area contributed by atoms with Crippen LogP contribution in [0.5, 0.6) is 5.75 Å². The van der Waals surface area contributed by atoms with E-state index in [-0.39, 0.29) is 6.10 Å². The van der Waals surface area contributed by atoms with E-state index in [2.05, 4.69) is 22.2 Å². The Morgan fingerprint density at radius 3 is 2.91 bits per heavy atom. The number of benzene rings is 1. The summed E-state index contributed by atoms with van der Waals surface area (Å²) in [7, 11) is 0. The second kappa shape index (κ2) is 9.81. The van der Waals surface area contributed by atoms with Crippen LogP contribution in [0.25, 0.3) is 10.2 Å². The molecule has 4 rings (SSSR count). The molecule has 3 unspecified atom stereocenters. The monoisotopic (exact) mass is 493 g/mol. The maximum atomic E-state index is 12.5. The number of hydrogen-bond donors (Lipinski definition) is 1. The van der Waals surface area contributed by atoms with Crippen molar-refractivity contribution in [1.29, 1.82) is 0 Å². The Bertz CT molecular complexity index is 1140. The van der Waals surface area contributed by atoms with E-state index >= 15 is 0 Å². The van der Waals surface area contributed by atoms with Gasteiger partial charge in [0.15, 0.2) is 6.10 Å². The highest BCUT2D eigenvalue weighted by molar-refractivity contribution is 7.19. The normalized spacial score (nSPS) is 17.5. The number of ether oxygens (including phenoxy) is 2. The number of aryl methyl sites for hydroxylation is 1. The van der Waals surface area contributed by atoms with Crippen molar-refractivity contribution in [3.8, 4) is 5.75 Å². The molecule has 0 fully saturated rings. The SMILES string of the molecule is CC1CCc2c(sc3ncnc(NCC(C)OC(=O)C(C)Oc4ccc(Cl)cc4Cl)c23)C1. The van der Waals surface area contributed by atoms with E-state index in [1.165, 1.54) is 16.9 Å². The maximum absolute atomic E-state index is 12.5. The number of nitrogens with zero attached hydrogens (tertiary/aromatic N) is 2. The van der Waals surface area contributed by atoms with Crippen LogP contribution in [0.2, 0.25) is 10.0 Å². The lowest BCUT2D eigenvalue weighted by molar-refractivity contribution is -0.155. The molecule has 6 nitrogen and oxygen atoms in total. The largest absolute Gasteiger partial charge is 0.477 e. The molecule has 1 aliphatic rings. The molecular formula is C23H25Cl2N3O3S. The van der Waals surface area contributed by atoms with E-state index in [0.717, 1.165) is 28.9 Å². The fourth-order valence-corrected chi connectivity index (χ4v) is 5.60. The number of fused-ring (bicyclic) bond motifs is 3. The van der Waals surface area contributed by atoms with Gasteiger partial charge in [-0.05, 0) is 62.8 Å². The standard InChI is InChI=1S/C23H25Cl2N3O3S/c1-12-4-6-16-19(8-12)32-22-20(16)21(27-11-28-22)26-10-13(2)30-23(29)14(3)31-18-7-5-15(24)9-17(18)25/h5,7,9,11-14H,4,6,8,10H2,1-3H3,(H,26,27,28). The molecule has 0 aliphatic heterocycles. The number of aromatic nitrogens is 2. The summed E-state index contributed by atoms with van der Waals surface area (Å²) in [4.78, 5) is 23.8. The Balaban J connectivity index is 1.37. The molecule has 0 saturated heterocycles. The van der Waals surface area contributed by atoms with Crippen LogP contribution < -0.4 is 10.1 Å². The smallest absolute Gasteiger partial charge is 0.347 e.